The molecular formula is C18H22N2O5S. The Morgan fingerprint density at radius 3 is 2.88 bits per heavy atom. The molecule has 0 spiro atoms. The van der Waals surface area contributed by atoms with Crippen LogP contribution in [0.15, 0.2) is 17.5 Å². The molecule has 1 aromatic heterocycles. The van der Waals surface area contributed by atoms with Crippen LogP contribution in [0.5, 0.6) is 0 Å². The topological polar surface area (TPSA) is 87.2 Å². The summed E-state index contributed by atoms with van der Waals surface area (Å²) < 4.78 is 5.46. The SMILES string of the molecule is O=C(C1CCCN1C(=O)c1cccs1)N1C[C@H]2COCC[C@@]2(C(=O)O)C1. The summed E-state index contributed by atoms with van der Waals surface area (Å²) >= 11 is 1.37. The summed E-state index contributed by atoms with van der Waals surface area (Å²) in [5.74, 6) is -1.26. The number of amides is 2. The Balaban J connectivity index is 1.52. The summed E-state index contributed by atoms with van der Waals surface area (Å²) in [7, 11) is 0. The molecule has 0 aliphatic carbocycles. The van der Waals surface area contributed by atoms with Crippen molar-refractivity contribution in [3.05, 3.63) is 22.4 Å². The van der Waals surface area contributed by atoms with Crippen LogP contribution in [0.4, 0.5) is 0 Å². The zero-order chi connectivity index (χ0) is 18.3. The third-order valence-corrected chi connectivity index (χ3v) is 6.83. The quantitative estimate of drug-likeness (QED) is 0.857. The van der Waals surface area contributed by atoms with Crippen molar-refractivity contribution in [2.45, 2.75) is 25.3 Å². The lowest BCUT2D eigenvalue weighted by atomic mass is 9.74. The Bertz CT molecular complexity index is 721. The zero-order valence-corrected chi connectivity index (χ0v) is 15.2. The number of hydrogen-bond acceptors (Lipinski definition) is 5. The third kappa shape index (κ3) is 2.72. The van der Waals surface area contributed by atoms with E-state index in [1.54, 1.807) is 15.9 Å². The number of thiophene rings is 1. The van der Waals surface area contributed by atoms with Gasteiger partial charge in [-0.25, -0.2) is 0 Å². The van der Waals surface area contributed by atoms with Gasteiger partial charge in [0.15, 0.2) is 0 Å². The molecule has 3 aliphatic rings. The molecule has 0 saturated carbocycles. The van der Waals surface area contributed by atoms with Gasteiger partial charge in [-0.3, -0.25) is 14.4 Å². The monoisotopic (exact) mass is 378 g/mol. The molecule has 2 amide bonds. The summed E-state index contributed by atoms with van der Waals surface area (Å²) in [5, 5.41) is 11.6. The third-order valence-electron chi connectivity index (χ3n) is 5.98. The second-order valence-electron chi connectivity index (χ2n) is 7.34. The van der Waals surface area contributed by atoms with Gasteiger partial charge in [-0.2, -0.15) is 0 Å². The van der Waals surface area contributed by atoms with Crippen molar-refractivity contribution in [2.75, 3.05) is 32.8 Å². The first-order valence-electron chi connectivity index (χ1n) is 8.97. The number of rotatable bonds is 3. The summed E-state index contributed by atoms with van der Waals surface area (Å²) in [6, 6.07) is 3.11. The number of carbonyl (C=O) groups is 3. The average molecular weight is 378 g/mol. The first-order chi connectivity index (χ1) is 12.5. The van der Waals surface area contributed by atoms with Crippen molar-refractivity contribution < 1.29 is 24.2 Å². The van der Waals surface area contributed by atoms with E-state index in [0.717, 1.165) is 6.42 Å². The van der Waals surface area contributed by atoms with Crippen LogP contribution < -0.4 is 0 Å². The molecule has 140 valence electrons. The molecule has 1 N–H and O–H groups in total. The first-order valence-corrected chi connectivity index (χ1v) is 9.85. The number of fused-ring (bicyclic) bond motifs is 1. The van der Waals surface area contributed by atoms with Crippen LogP contribution in [0.2, 0.25) is 0 Å². The minimum atomic E-state index is -0.908. The standard InChI is InChI=1S/C18H22N2O5S/c21-15(13-3-1-6-20(13)16(22)14-4-2-8-26-14)19-9-12-10-25-7-5-18(12,11-19)17(23)24/h2,4,8,12-13H,1,3,5-7,9-11H2,(H,23,24)/t12-,13?,18+/m0/s1. The van der Waals surface area contributed by atoms with E-state index in [4.69, 9.17) is 4.74 Å². The molecule has 4 rings (SSSR count). The Morgan fingerprint density at radius 1 is 1.35 bits per heavy atom. The maximum Gasteiger partial charge on any atom is 0.311 e. The molecule has 0 aromatic carbocycles. The number of ether oxygens (including phenoxy) is 1. The fourth-order valence-electron chi connectivity index (χ4n) is 4.49. The molecule has 0 radical (unpaired) electrons. The van der Waals surface area contributed by atoms with Gasteiger partial charge in [0.2, 0.25) is 5.91 Å². The first kappa shape index (κ1) is 17.5. The number of hydrogen-bond donors (Lipinski definition) is 1. The maximum absolute atomic E-state index is 13.1. The van der Waals surface area contributed by atoms with Crippen LogP contribution in [-0.4, -0.2) is 71.6 Å². The van der Waals surface area contributed by atoms with Gasteiger partial charge in [-0.05, 0) is 30.7 Å². The maximum atomic E-state index is 13.1. The van der Waals surface area contributed by atoms with E-state index < -0.39 is 17.4 Å². The number of carboxylic acid groups (broad SMARTS) is 1. The van der Waals surface area contributed by atoms with E-state index >= 15 is 0 Å². The van der Waals surface area contributed by atoms with Gasteiger partial charge in [-0.1, -0.05) is 6.07 Å². The van der Waals surface area contributed by atoms with E-state index in [-0.39, 0.29) is 24.3 Å². The van der Waals surface area contributed by atoms with E-state index in [9.17, 15) is 19.5 Å². The van der Waals surface area contributed by atoms with Gasteiger partial charge >= 0.3 is 5.97 Å². The zero-order valence-electron chi connectivity index (χ0n) is 14.4. The van der Waals surface area contributed by atoms with Crippen LogP contribution in [0, 0.1) is 11.3 Å². The highest BCUT2D eigenvalue weighted by Gasteiger charge is 2.56. The smallest absolute Gasteiger partial charge is 0.311 e. The molecule has 3 atom stereocenters. The van der Waals surface area contributed by atoms with E-state index in [2.05, 4.69) is 0 Å². The molecular weight excluding hydrogens is 356 g/mol. The minimum absolute atomic E-state index is 0.108. The molecule has 3 fully saturated rings. The molecule has 3 saturated heterocycles. The second-order valence-corrected chi connectivity index (χ2v) is 8.28. The van der Waals surface area contributed by atoms with E-state index in [1.807, 2.05) is 11.4 Å². The van der Waals surface area contributed by atoms with Crippen molar-refractivity contribution >= 4 is 29.1 Å². The highest BCUT2D eigenvalue weighted by atomic mass is 32.1. The molecule has 3 aliphatic heterocycles. The number of aliphatic carboxylic acids is 1. The van der Waals surface area contributed by atoms with Crippen molar-refractivity contribution in [3.63, 3.8) is 0 Å². The van der Waals surface area contributed by atoms with Crippen LogP contribution >= 0.6 is 11.3 Å². The highest BCUT2D eigenvalue weighted by molar-refractivity contribution is 7.12. The average Bonchev–Trinajstić information content (AvgIpc) is 3.39. The van der Waals surface area contributed by atoms with E-state index in [0.29, 0.717) is 44.0 Å². The molecule has 0 bridgehead atoms. The summed E-state index contributed by atoms with van der Waals surface area (Å²) in [5.41, 5.74) is -0.908. The van der Waals surface area contributed by atoms with Crippen molar-refractivity contribution in [1.29, 1.82) is 0 Å². The van der Waals surface area contributed by atoms with Crippen LogP contribution in [-0.2, 0) is 14.3 Å². The van der Waals surface area contributed by atoms with Gasteiger partial charge in [0.25, 0.3) is 5.91 Å². The van der Waals surface area contributed by atoms with Crippen LogP contribution in [0.3, 0.4) is 0 Å². The number of carbonyl (C=O) groups excluding carboxylic acids is 2. The lowest BCUT2D eigenvalue weighted by Crippen LogP contribution is -2.48. The normalized spacial score (nSPS) is 31.1. The fourth-order valence-corrected chi connectivity index (χ4v) is 5.17. The lowest BCUT2D eigenvalue weighted by Gasteiger charge is -2.34. The summed E-state index contributed by atoms with van der Waals surface area (Å²) in [6.07, 6.45) is 1.85. The molecule has 1 unspecified atom stereocenters. The van der Waals surface area contributed by atoms with Crippen molar-refractivity contribution in [3.8, 4) is 0 Å². The molecule has 7 nitrogen and oxygen atoms in total. The van der Waals surface area contributed by atoms with Gasteiger partial charge < -0.3 is 19.6 Å². The predicted octanol–water partition coefficient (Wildman–Crippen LogP) is 1.30. The summed E-state index contributed by atoms with van der Waals surface area (Å²) in [4.78, 5) is 41.7. The lowest BCUT2D eigenvalue weighted by molar-refractivity contribution is -0.157. The minimum Gasteiger partial charge on any atom is -0.481 e. The van der Waals surface area contributed by atoms with Crippen LogP contribution in [0.1, 0.15) is 28.9 Å². The number of nitrogens with zero attached hydrogens (tertiary/aromatic N) is 2. The second kappa shape index (κ2) is 6.66. The van der Waals surface area contributed by atoms with Gasteiger partial charge in [-0.15, -0.1) is 11.3 Å². The molecule has 8 heteroatoms. The Kier molecular flexibility index (Phi) is 4.48. The van der Waals surface area contributed by atoms with E-state index in [1.165, 1.54) is 11.3 Å². The molecule has 26 heavy (non-hydrogen) atoms. The van der Waals surface area contributed by atoms with Gasteiger partial charge in [0, 0.05) is 32.2 Å². The molecule has 4 heterocycles. The Hall–Kier alpha value is -1.93. The fraction of sp³-hybridized carbons (Fsp3) is 0.611. The Morgan fingerprint density at radius 2 is 2.19 bits per heavy atom. The molecule has 1 aromatic rings. The highest BCUT2D eigenvalue weighted by Crippen LogP contribution is 2.43. The largest absolute Gasteiger partial charge is 0.481 e. The van der Waals surface area contributed by atoms with Gasteiger partial charge in [0.05, 0.1) is 16.9 Å². The Labute approximate surface area is 155 Å². The predicted molar refractivity (Wildman–Crippen MR) is 94.0 cm³/mol. The van der Waals surface area contributed by atoms with Crippen molar-refractivity contribution in [2.24, 2.45) is 11.3 Å². The summed E-state index contributed by atoms with van der Waals surface area (Å²) in [6.45, 7) is 1.96. The van der Waals surface area contributed by atoms with Crippen molar-refractivity contribution in [1.82, 2.24) is 9.80 Å². The number of likely N-dealkylation sites (tertiary alicyclic amines) is 2. The number of carboxylic acids is 1. The van der Waals surface area contributed by atoms with Crippen LogP contribution in [0.25, 0.3) is 0 Å². The van der Waals surface area contributed by atoms with Gasteiger partial charge in [0.1, 0.15) is 6.04 Å².